The third-order valence-corrected chi connectivity index (χ3v) is 2.16. The number of ether oxygens (including phenoxy) is 3. The van der Waals surface area contributed by atoms with E-state index < -0.39 is 6.10 Å². The standard InChI is InChI=1S/C9H16O4.C6H12O3/c1-4-8(10)12-6-7(3)13-9(11)5-2;1-3-6(8)9-4-5(2)7/h7H,4-6H2,1-3H3;5,7H,3-4H2,1-2H3. The van der Waals surface area contributed by atoms with E-state index in [-0.39, 0.29) is 37.2 Å². The molecule has 0 aliphatic carbocycles. The summed E-state index contributed by atoms with van der Waals surface area (Å²) in [6, 6.07) is 0. The van der Waals surface area contributed by atoms with Crippen LogP contribution in [0.15, 0.2) is 0 Å². The normalized spacial score (nSPS) is 12.3. The minimum atomic E-state index is -0.555. The van der Waals surface area contributed by atoms with Crippen LogP contribution in [0.25, 0.3) is 0 Å². The fourth-order valence-corrected chi connectivity index (χ4v) is 0.970. The van der Waals surface area contributed by atoms with Crippen molar-refractivity contribution >= 4 is 17.9 Å². The van der Waals surface area contributed by atoms with Crippen molar-refractivity contribution in [2.75, 3.05) is 13.2 Å². The summed E-state index contributed by atoms with van der Waals surface area (Å²) in [4.78, 5) is 31.9. The molecule has 1 N–H and O–H groups in total. The summed E-state index contributed by atoms with van der Waals surface area (Å²) in [5.41, 5.74) is 0. The van der Waals surface area contributed by atoms with E-state index in [0.717, 1.165) is 0 Å². The lowest BCUT2D eigenvalue weighted by atomic mass is 10.4. The average Bonchev–Trinajstić information content (AvgIpc) is 2.50. The van der Waals surface area contributed by atoms with Crippen LogP contribution in [0.5, 0.6) is 0 Å². The number of aliphatic hydroxyl groups excluding tert-OH is 1. The third kappa shape index (κ3) is 16.4. The van der Waals surface area contributed by atoms with E-state index in [9.17, 15) is 14.4 Å². The maximum absolute atomic E-state index is 10.8. The van der Waals surface area contributed by atoms with Gasteiger partial charge >= 0.3 is 17.9 Å². The molecule has 0 aromatic heterocycles. The molecule has 7 nitrogen and oxygen atoms in total. The Balaban J connectivity index is 0. The van der Waals surface area contributed by atoms with Gasteiger partial charge < -0.3 is 19.3 Å². The molecule has 0 aromatic rings. The second-order valence-corrected chi connectivity index (χ2v) is 4.58. The topological polar surface area (TPSA) is 99.1 Å². The highest BCUT2D eigenvalue weighted by atomic mass is 16.6. The summed E-state index contributed by atoms with van der Waals surface area (Å²) in [7, 11) is 0. The smallest absolute Gasteiger partial charge is 0.305 e. The van der Waals surface area contributed by atoms with Crippen LogP contribution in [0, 0.1) is 0 Å². The fraction of sp³-hybridized carbons (Fsp3) is 0.800. The van der Waals surface area contributed by atoms with Crippen molar-refractivity contribution in [1.82, 2.24) is 0 Å². The summed E-state index contributed by atoms with van der Waals surface area (Å²) in [6.45, 7) is 8.65. The van der Waals surface area contributed by atoms with Crippen LogP contribution in [0.4, 0.5) is 0 Å². The molecule has 0 amide bonds. The zero-order valence-electron chi connectivity index (χ0n) is 14.1. The molecule has 7 heteroatoms. The first-order valence-corrected chi connectivity index (χ1v) is 7.45. The van der Waals surface area contributed by atoms with Crippen LogP contribution in [0.2, 0.25) is 0 Å². The number of carbonyl (C=O) groups is 3. The zero-order chi connectivity index (χ0) is 17.5. The summed E-state index contributed by atoms with van der Waals surface area (Å²) >= 11 is 0. The quantitative estimate of drug-likeness (QED) is 0.535. The summed E-state index contributed by atoms with van der Waals surface area (Å²) in [6.07, 6.45) is 0.135. The number of hydrogen-bond acceptors (Lipinski definition) is 7. The number of carbonyl (C=O) groups excluding carboxylic acids is 3. The molecular formula is C15H28O7. The van der Waals surface area contributed by atoms with Crippen molar-refractivity contribution in [3.8, 4) is 0 Å². The largest absolute Gasteiger partial charge is 0.463 e. The molecule has 2 atom stereocenters. The number of rotatable bonds is 8. The van der Waals surface area contributed by atoms with Gasteiger partial charge in [0.25, 0.3) is 0 Å². The van der Waals surface area contributed by atoms with Crippen LogP contribution < -0.4 is 0 Å². The van der Waals surface area contributed by atoms with E-state index in [0.29, 0.717) is 19.3 Å². The Morgan fingerprint density at radius 1 is 0.818 bits per heavy atom. The molecule has 0 rings (SSSR count). The van der Waals surface area contributed by atoms with Gasteiger partial charge in [0.15, 0.2) is 0 Å². The van der Waals surface area contributed by atoms with E-state index in [4.69, 9.17) is 14.6 Å². The van der Waals surface area contributed by atoms with Gasteiger partial charge in [-0.15, -0.1) is 0 Å². The first-order valence-electron chi connectivity index (χ1n) is 7.45. The van der Waals surface area contributed by atoms with Gasteiger partial charge in [-0.25, -0.2) is 0 Å². The number of hydrogen-bond donors (Lipinski definition) is 1. The minimum absolute atomic E-state index is 0.104. The van der Waals surface area contributed by atoms with E-state index in [1.54, 1.807) is 34.6 Å². The number of aliphatic hydroxyl groups is 1. The van der Waals surface area contributed by atoms with Crippen LogP contribution in [-0.2, 0) is 28.6 Å². The molecular weight excluding hydrogens is 292 g/mol. The van der Waals surface area contributed by atoms with Gasteiger partial charge in [0, 0.05) is 19.3 Å². The summed E-state index contributed by atoms with van der Waals surface area (Å²) in [5, 5.41) is 8.62. The second-order valence-electron chi connectivity index (χ2n) is 4.58. The highest BCUT2D eigenvalue weighted by Gasteiger charge is 2.09. The van der Waals surface area contributed by atoms with Gasteiger partial charge in [-0.1, -0.05) is 20.8 Å². The lowest BCUT2D eigenvalue weighted by Crippen LogP contribution is -2.21. The maximum Gasteiger partial charge on any atom is 0.305 e. The lowest BCUT2D eigenvalue weighted by Gasteiger charge is -2.12. The Labute approximate surface area is 131 Å². The van der Waals surface area contributed by atoms with Crippen LogP contribution in [0.3, 0.4) is 0 Å². The molecule has 0 aliphatic heterocycles. The van der Waals surface area contributed by atoms with Crippen molar-refractivity contribution in [2.24, 2.45) is 0 Å². The Morgan fingerprint density at radius 3 is 1.59 bits per heavy atom. The van der Waals surface area contributed by atoms with Gasteiger partial charge in [0.05, 0.1) is 6.10 Å². The van der Waals surface area contributed by atoms with E-state index in [2.05, 4.69) is 4.74 Å². The second kappa shape index (κ2) is 14.3. The SMILES string of the molecule is CCC(=O)OCC(C)O.CCC(=O)OCC(C)OC(=O)CC. The monoisotopic (exact) mass is 320 g/mol. The van der Waals surface area contributed by atoms with Crippen LogP contribution >= 0.6 is 0 Å². The molecule has 0 aliphatic rings. The van der Waals surface area contributed by atoms with Gasteiger partial charge in [-0.05, 0) is 13.8 Å². The van der Waals surface area contributed by atoms with E-state index in [1.165, 1.54) is 0 Å². The van der Waals surface area contributed by atoms with Gasteiger partial charge in [-0.2, -0.15) is 0 Å². The molecule has 0 saturated carbocycles. The van der Waals surface area contributed by atoms with Gasteiger partial charge in [-0.3, -0.25) is 14.4 Å². The molecule has 0 saturated heterocycles. The van der Waals surface area contributed by atoms with Crippen LogP contribution in [0.1, 0.15) is 53.9 Å². The van der Waals surface area contributed by atoms with E-state index >= 15 is 0 Å². The highest BCUT2D eigenvalue weighted by molar-refractivity contribution is 5.70. The Morgan fingerprint density at radius 2 is 1.23 bits per heavy atom. The molecule has 0 radical (unpaired) electrons. The first-order chi connectivity index (χ1) is 10.3. The molecule has 0 aromatic carbocycles. The van der Waals surface area contributed by atoms with Crippen molar-refractivity contribution in [1.29, 1.82) is 0 Å². The molecule has 2 unspecified atom stereocenters. The van der Waals surface area contributed by atoms with Crippen molar-refractivity contribution in [2.45, 2.75) is 66.1 Å². The lowest BCUT2D eigenvalue weighted by molar-refractivity contribution is -0.157. The Hall–Kier alpha value is -1.63. The van der Waals surface area contributed by atoms with Crippen molar-refractivity contribution < 1.29 is 33.7 Å². The predicted molar refractivity (Wildman–Crippen MR) is 80.0 cm³/mol. The van der Waals surface area contributed by atoms with E-state index in [1.807, 2.05) is 0 Å². The molecule has 0 fully saturated rings. The van der Waals surface area contributed by atoms with Crippen molar-refractivity contribution in [3.63, 3.8) is 0 Å². The van der Waals surface area contributed by atoms with Crippen LogP contribution in [-0.4, -0.2) is 48.4 Å². The molecule has 0 spiro atoms. The third-order valence-electron chi connectivity index (χ3n) is 2.16. The van der Waals surface area contributed by atoms with Crippen molar-refractivity contribution in [3.05, 3.63) is 0 Å². The summed E-state index contributed by atoms with van der Waals surface area (Å²) in [5.74, 6) is -0.824. The zero-order valence-corrected chi connectivity index (χ0v) is 14.1. The summed E-state index contributed by atoms with van der Waals surface area (Å²) < 4.78 is 14.2. The Kier molecular flexibility index (Phi) is 14.7. The molecule has 22 heavy (non-hydrogen) atoms. The molecule has 0 heterocycles. The van der Waals surface area contributed by atoms with Gasteiger partial charge in [0.2, 0.25) is 0 Å². The average molecular weight is 320 g/mol. The van der Waals surface area contributed by atoms with Gasteiger partial charge in [0.1, 0.15) is 19.3 Å². The Bertz CT molecular complexity index is 326. The molecule has 130 valence electrons. The highest BCUT2D eigenvalue weighted by Crippen LogP contribution is 1.96. The number of esters is 3. The fourth-order valence-electron chi connectivity index (χ4n) is 0.970. The molecule has 0 bridgehead atoms. The minimum Gasteiger partial charge on any atom is -0.463 e. The first kappa shape index (κ1) is 22.6. The predicted octanol–water partition coefficient (Wildman–Crippen LogP) is 1.60. The maximum atomic E-state index is 10.8.